The molecule has 1 aromatic heterocycles. The van der Waals surface area contributed by atoms with E-state index in [9.17, 15) is 35.1 Å². The molecule has 4 aromatic rings. The Bertz CT molecular complexity index is 1490. The molecular weight excluding hydrogens is 532 g/mol. The Labute approximate surface area is 217 Å². The van der Waals surface area contributed by atoms with Gasteiger partial charge in [-0.25, -0.2) is 36.3 Å². The smallest absolute Gasteiger partial charge is 0.419 e. The Morgan fingerprint density at radius 2 is 1.36 bits per heavy atom. The lowest BCUT2D eigenvalue weighted by atomic mass is 10.0. The van der Waals surface area contributed by atoms with Crippen LogP contribution in [0.3, 0.4) is 0 Å². The van der Waals surface area contributed by atoms with Gasteiger partial charge in [0.15, 0.2) is 23.3 Å². The van der Waals surface area contributed by atoms with Crippen LogP contribution < -0.4 is 4.74 Å². The van der Waals surface area contributed by atoms with E-state index in [0.717, 1.165) is 42.7 Å². The van der Waals surface area contributed by atoms with Crippen molar-refractivity contribution in [2.45, 2.75) is 25.9 Å². The van der Waals surface area contributed by atoms with Crippen molar-refractivity contribution in [3.63, 3.8) is 0 Å². The first-order valence-corrected chi connectivity index (χ1v) is 11.5. The van der Waals surface area contributed by atoms with Crippen molar-refractivity contribution >= 4 is 6.08 Å². The lowest BCUT2D eigenvalue weighted by Crippen LogP contribution is -2.21. The standard InChI is InChI=1S/C28H18F8N2O/c1-2-3-15-13-37-27(38-14-15)17-10-21(29)20(22(30)11-17)6-7-28(35,36)39-18-4-5-19(23(31)12-18)16-8-24(32)26(34)25(33)9-16/h4-14H,2-3H2,1H3/b7-6+. The Balaban J connectivity index is 1.52. The van der Waals surface area contributed by atoms with Crippen LogP contribution in [0, 0.1) is 34.9 Å². The van der Waals surface area contributed by atoms with Gasteiger partial charge >= 0.3 is 6.11 Å². The second kappa shape index (κ2) is 11.2. The molecule has 3 aromatic carbocycles. The lowest BCUT2D eigenvalue weighted by Gasteiger charge is -2.15. The predicted octanol–water partition coefficient (Wildman–Crippen LogP) is 8.28. The van der Waals surface area contributed by atoms with Crippen molar-refractivity contribution in [1.82, 2.24) is 9.97 Å². The number of hydrogen-bond acceptors (Lipinski definition) is 3. The number of rotatable bonds is 8. The van der Waals surface area contributed by atoms with Gasteiger partial charge in [-0.3, -0.25) is 0 Å². The summed E-state index contributed by atoms with van der Waals surface area (Å²) in [5.74, 6) is -9.04. The number of nitrogens with zero attached hydrogens (tertiary/aromatic N) is 2. The largest absolute Gasteiger partial charge is 0.429 e. The number of aromatic nitrogens is 2. The van der Waals surface area contributed by atoms with Gasteiger partial charge in [0.2, 0.25) is 0 Å². The van der Waals surface area contributed by atoms with Crippen LogP contribution in [0.15, 0.2) is 60.9 Å². The molecule has 0 fully saturated rings. The van der Waals surface area contributed by atoms with E-state index < -0.39 is 57.9 Å². The van der Waals surface area contributed by atoms with E-state index in [4.69, 9.17) is 0 Å². The number of hydrogen-bond donors (Lipinski definition) is 0. The molecule has 0 saturated heterocycles. The average molecular weight is 550 g/mol. The predicted molar refractivity (Wildman–Crippen MR) is 128 cm³/mol. The highest BCUT2D eigenvalue weighted by atomic mass is 19.3. The number of halogens is 8. The molecule has 0 atom stereocenters. The van der Waals surface area contributed by atoms with Gasteiger partial charge in [0.25, 0.3) is 0 Å². The fourth-order valence-corrected chi connectivity index (χ4v) is 3.67. The molecule has 0 N–H and O–H groups in total. The first-order chi connectivity index (χ1) is 18.5. The number of ether oxygens (including phenoxy) is 1. The van der Waals surface area contributed by atoms with E-state index in [2.05, 4.69) is 14.7 Å². The maximum absolute atomic E-state index is 14.6. The summed E-state index contributed by atoms with van der Waals surface area (Å²) < 4.78 is 117. The molecule has 1 heterocycles. The van der Waals surface area contributed by atoms with Crippen LogP contribution in [0.2, 0.25) is 0 Å². The molecule has 0 spiro atoms. The zero-order chi connectivity index (χ0) is 28.3. The van der Waals surface area contributed by atoms with E-state index in [0.29, 0.717) is 24.3 Å². The molecule has 0 saturated carbocycles. The van der Waals surface area contributed by atoms with Gasteiger partial charge < -0.3 is 4.74 Å². The Kier molecular flexibility index (Phi) is 7.98. The third-order valence-electron chi connectivity index (χ3n) is 5.51. The van der Waals surface area contributed by atoms with Crippen molar-refractivity contribution in [3.05, 3.63) is 107 Å². The van der Waals surface area contributed by atoms with Gasteiger partial charge in [0, 0.05) is 41.2 Å². The van der Waals surface area contributed by atoms with Crippen LogP contribution in [0.1, 0.15) is 24.5 Å². The number of benzene rings is 3. The third kappa shape index (κ3) is 6.42. The first-order valence-electron chi connectivity index (χ1n) is 11.5. The highest BCUT2D eigenvalue weighted by molar-refractivity contribution is 5.65. The molecular formula is C28H18F8N2O. The quantitative estimate of drug-likeness (QED) is 0.164. The minimum absolute atomic E-state index is 0.00434. The normalized spacial score (nSPS) is 11.8. The minimum Gasteiger partial charge on any atom is -0.429 e. The summed E-state index contributed by atoms with van der Waals surface area (Å²) >= 11 is 0. The van der Waals surface area contributed by atoms with E-state index in [-0.39, 0.29) is 23.0 Å². The summed E-state index contributed by atoms with van der Waals surface area (Å²) in [7, 11) is 0. The number of aryl methyl sites for hydroxylation is 1. The van der Waals surface area contributed by atoms with Crippen LogP contribution in [0.4, 0.5) is 35.1 Å². The molecule has 39 heavy (non-hydrogen) atoms. The van der Waals surface area contributed by atoms with Gasteiger partial charge in [-0.2, -0.15) is 8.78 Å². The summed E-state index contributed by atoms with van der Waals surface area (Å²) in [6.45, 7) is 1.97. The minimum atomic E-state index is -4.14. The van der Waals surface area contributed by atoms with Crippen molar-refractivity contribution < 1.29 is 39.9 Å². The fourth-order valence-electron chi connectivity index (χ4n) is 3.67. The SMILES string of the molecule is CCCc1cnc(-c2cc(F)c(/C=C/C(F)(F)Oc3ccc(-c4cc(F)c(F)c(F)c4)c(F)c3)c(F)c2)nc1. The topological polar surface area (TPSA) is 35.0 Å². The molecule has 0 bridgehead atoms. The van der Waals surface area contributed by atoms with E-state index in [1.807, 2.05) is 6.92 Å². The van der Waals surface area contributed by atoms with Crippen LogP contribution in [-0.2, 0) is 6.42 Å². The van der Waals surface area contributed by atoms with Crippen LogP contribution in [-0.4, -0.2) is 16.1 Å². The van der Waals surface area contributed by atoms with Crippen LogP contribution >= 0.6 is 0 Å². The summed E-state index contributed by atoms with van der Waals surface area (Å²) in [6, 6.07) is 5.15. The fraction of sp³-hybridized carbons (Fsp3) is 0.143. The molecule has 0 aliphatic heterocycles. The van der Waals surface area contributed by atoms with E-state index in [1.165, 1.54) is 12.4 Å². The molecule has 3 nitrogen and oxygen atoms in total. The Morgan fingerprint density at radius 1 is 0.769 bits per heavy atom. The average Bonchev–Trinajstić information content (AvgIpc) is 2.87. The molecule has 11 heteroatoms. The summed E-state index contributed by atoms with van der Waals surface area (Å²) in [6.07, 6.45) is 1.04. The highest BCUT2D eigenvalue weighted by Gasteiger charge is 2.29. The van der Waals surface area contributed by atoms with Crippen molar-refractivity contribution in [2.75, 3.05) is 0 Å². The van der Waals surface area contributed by atoms with Crippen LogP contribution in [0.25, 0.3) is 28.6 Å². The van der Waals surface area contributed by atoms with E-state index in [1.54, 1.807) is 0 Å². The maximum Gasteiger partial charge on any atom is 0.419 e. The molecule has 0 aliphatic carbocycles. The highest BCUT2D eigenvalue weighted by Crippen LogP contribution is 2.32. The second-order valence-corrected chi connectivity index (χ2v) is 8.41. The van der Waals surface area contributed by atoms with Crippen molar-refractivity contribution in [2.24, 2.45) is 0 Å². The molecule has 0 radical (unpaired) electrons. The summed E-state index contributed by atoms with van der Waals surface area (Å²) in [4.78, 5) is 8.14. The van der Waals surface area contributed by atoms with Crippen LogP contribution in [0.5, 0.6) is 5.75 Å². The Hall–Kier alpha value is -4.28. The monoisotopic (exact) mass is 550 g/mol. The lowest BCUT2D eigenvalue weighted by molar-refractivity contribution is -0.131. The third-order valence-corrected chi connectivity index (χ3v) is 5.51. The van der Waals surface area contributed by atoms with Crippen molar-refractivity contribution in [1.29, 1.82) is 0 Å². The van der Waals surface area contributed by atoms with E-state index >= 15 is 0 Å². The summed E-state index contributed by atoms with van der Waals surface area (Å²) in [5.41, 5.74) is -0.723. The first kappa shape index (κ1) is 27.7. The van der Waals surface area contributed by atoms with Gasteiger partial charge in [-0.15, -0.1) is 0 Å². The van der Waals surface area contributed by atoms with Gasteiger partial charge in [0.1, 0.15) is 23.2 Å². The van der Waals surface area contributed by atoms with Crippen molar-refractivity contribution in [3.8, 4) is 28.3 Å². The Morgan fingerprint density at radius 3 is 1.92 bits per heavy atom. The molecule has 0 aliphatic rings. The summed E-state index contributed by atoms with van der Waals surface area (Å²) in [5, 5.41) is 0. The van der Waals surface area contributed by atoms with Gasteiger partial charge in [-0.05, 0) is 60.0 Å². The zero-order valence-electron chi connectivity index (χ0n) is 20.1. The molecule has 4 rings (SSSR count). The van der Waals surface area contributed by atoms with Gasteiger partial charge in [-0.1, -0.05) is 13.3 Å². The second-order valence-electron chi connectivity index (χ2n) is 8.41. The molecule has 0 amide bonds. The maximum atomic E-state index is 14.6. The zero-order valence-corrected chi connectivity index (χ0v) is 20.1. The van der Waals surface area contributed by atoms with Gasteiger partial charge in [0.05, 0.1) is 0 Å². The molecule has 0 unspecified atom stereocenters. The number of alkyl halides is 2. The molecule has 202 valence electrons.